The van der Waals surface area contributed by atoms with Gasteiger partial charge in [-0.25, -0.2) is 0 Å². The van der Waals surface area contributed by atoms with Crippen LogP contribution in [-0.4, -0.2) is 15.0 Å². The highest BCUT2D eigenvalue weighted by atomic mass is 16.5. The van der Waals surface area contributed by atoms with Crippen molar-refractivity contribution in [3.8, 4) is 0 Å². The Kier molecular flexibility index (Phi) is 2.91. The zero-order valence-corrected chi connectivity index (χ0v) is 9.15. The van der Waals surface area contributed by atoms with Crippen LogP contribution < -0.4 is 5.56 Å². The summed E-state index contributed by atoms with van der Waals surface area (Å²) in [6.45, 7) is -0.339. The van der Waals surface area contributed by atoms with E-state index >= 15 is 0 Å². The number of aliphatic hydroxyl groups excluding tert-OH is 1. The number of rotatable bonds is 2. The van der Waals surface area contributed by atoms with Gasteiger partial charge in [0.15, 0.2) is 0 Å². The Morgan fingerprint density at radius 2 is 2.12 bits per heavy atom. The Hall–Kier alpha value is -1.29. The van der Waals surface area contributed by atoms with Crippen molar-refractivity contribution in [1.29, 1.82) is 0 Å². The van der Waals surface area contributed by atoms with Crippen LogP contribution in [0.15, 0.2) is 16.9 Å². The van der Waals surface area contributed by atoms with Crippen LogP contribution in [0.5, 0.6) is 0 Å². The summed E-state index contributed by atoms with van der Waals surface area (Å²) in [4.78, 5) is 11.5. The minimum Gasteiger partial charge on any atom is -0.425 e. The summed E-state index contributed by atoms with van der Waals surface area (Å²) < 4.78 is 8.52. The van der Waals surface area contributed by atoms with Gasteiger partial charge >= 0.3 is 0 Å². The zero-order chi connectivity index (χ0) is 12.4. The van der Waals surface area contributed by atoms with Crippen LogP contribution in [0.3, 0.4) is 0 Å². The van der Waals surface area contributed by atoms with Gasteiger partial charge in [-0.2, -0.15) is 4.73 Å². The highest BCUT2D eigenvalue weighted by Crippen LogP contribution is 2.31. The molecule has 0 atom stereocenters. The van der Waals surface area contributed by atoms with Gasteiger partial charge < -0.3 is 10.3 Å². The Labute approximate surface area is 95.5 Å². The average molecular weight is 224 g/mol. The maximum absolute atomic E-state index is 11.5. The Bertz CT molecular complexity index is 464. The van der Waals surface area contributed by atoms with Crippen molar-refractivity contribution in [2.75, 3.05) is 0 Å². The third-order valence-corrected chi connectivity index (χ3v) is 3.19. The number of aromatic nitrogens is 1. The Balaban J connectivity index is 2.50. The predicted molar refractivity (Wildman–Crippen MR) is 59.6 cm³/mol. The molecule has 4 heteroatoms. The van der Waals surface area contributed by atoms with E-state index in [1.807, 2.05) is 0 Å². The van der Waals surface area contributed by atoms with Crippen molar-refractivity contribution < 1.29 is 11.7 Å². The lowest BCUT2D eigenvalue weighted by atomic mass is 9.86. The molecule has 1 aromatic heterocycles. The largest absolute Gasteiger partial charge is 0.425 e. The molecule has 0 aromatic carbocycles. The van der Waals surface area contributed by atoms with E-state index in [-0.39, 0.29) is 18.6 Å². The van der Waals surface area contributed by atoms with Crippen molar-refractivity contribution in [3.63, 3.8) is 0 Å². The first-order valence-electron chi connectivity index (χ1n) is 6.20. The van der Waals surface area contributed by atoms with Crippen LogP contribution in [0, 0.1) is 0 Å². The van der Waals surface area contributed by atoms with E-state index in [0.717, 1.165) is 31.7 Å². The van der Waals surface area contributed by atoms with Gasteiger partial charge in [0.25, 0.3) is 5.56 Å². The molecular weight excluding hydrogens is 206 g/mol. The molecule has 1 fully saturated rings. The van der Waals surface area contributed by atoms with Crippen LogP contribution in [-0.2, 0) is 6.61 Å². The van der Waals surface area contributed by atoms with Crippen LogP contribution in [0.25, 0.3) is 0 Å². The van der Waals surface area contributed by atoms with Crippen molar-refractivity contribution >= 4 is 0 Å². The van der Waals surface area contributed by atoms with Gasteiger partial charge in [0, 0.05) is 12.0 Å². The molecular formula is C12H17NO3. The average Bonchev–Trinajstić information content (AvgIpc) is 2.35. The summed E-state index contributed by atoms with van der Waals surface area (Å²) in [5, 5.41) is 18.9. The van der Waals surface area contributed by atoms with Gasteiger partial charge in [0.05, 0.1) is 13.7 Å². The normalized spacial score (nSPS) is 18.4. The Morgan fingerprint density at radius 1 is 1.44 bits per heavy atom. The van der Waals surface area contributed by atoms with E-state index in [0.29, 0.717) is 16.0 Å². The molecule has 2 N–H and O–H groups in total. The van der Waals surface area contributed by atoms with Crippen LogP contribution in [0.2, 0.25) is 0 Å². The van der Waals surface area contributed by atoms with E-state index in [1.165, 1.54) is 6.42 Å². The fourth-order valence-electron chi connectivity index (χ4n) is 2.32. The molecule has 0 bridgehead atoms. The third-order valence-electron chi connectivity index (χ3n) is 3.19. The molecule has 1 aliphatic carbocycles. The molecule has 88 valence electrons. The molecule has 4 nitrogen and oxygen atoms in total. The van der Waals surface area contributed by atoms with Crippen molar-refractivity contribution in [2.45, 2.75) is 44.6 Å². The zero-order valence-electron chi connectivity index (χ0n) is 10.1. The molecule has 0 unspecified atom stereocenters. The fraction of sp³-hybridized carbons (Fsp3) is 0.583. The van der Waals surface area contributed by atoms with Crippen LogP contribution in [0.4, 0.5) is 0 Å². The molecule has 1 aromatic rings. The summed E-state index contributed by atoms with van der Waals surface area (Å²) in [6.07, 6.45) is 5.06. The van der Waals surface area contributed by atoms with Crippen LogP contribution >= 0.6 is 0 Å². The van der Waals surface area contributed by atoms with Crippen LogP contribution in [0.1, 0.15) is 50.7 Å². The van der Waals surface area contributed by atoms with Gasteiger partial charge in [0.2, 0.25) is 0 Å². The van der Waals surface area contributed by atoms with Crippen molar-refractivity contribution in [3.05, 3.63) is 33.7 Å². The van der Waals surface area contributed by atoms with E-state index in [1.54, 1.807) is 0 Å². The van der Waals surface area contributed by atoms with E-state index in [9.17, 15) is 10.0 Å². The van der Waals surface area contributed by atoms with Gasteiger partial charge in [-0.3, -0.25) is 4.79 Å². The third kappa shape index (κ3) is 2.11. The summed E-state index contributed by atoms with van der Waals surface area (Å²) in [6, 6.07) is 1.22. The second-order valence-electron chi connectivity index (χ2n) is 4.32. The number of aliphatic hydroxyl groups is 1. The van der Waals surface area contributed by atoms with E-state index in [2.05, 4.69) is 0 Å². The van der Waals surface area contributed by atoms with Crippen molar-refractivity contribution in [1.82, 2.24) is 4.73 Å². The standard InChI is InChI=1S/C12H17NO3/c14-8-9-6-11(13(16)12(15)7-9)10-4-2-1-3-5-10/h6-7,10,14,16H,1-5,8H2/i6D. The van der Waals surface area contributed by atoms with E-state index in [4.69, 9.17) is 6.48 Å². The van der Waals surface area contributed by atoms with Gasteiger partial charge in [-0.05, 0) is 24.4 Å². The highest BCUT2D eigenvalue weighted by Gasteiger charge is 2.19. The Morgan fingerprint density at radius 3 is 2.75 bits per heavy atom. The molecule has 2 rings (SSSR count). The van der Waals surface area contributed by atoms with Gasteiger partial charge in [-0.1, -0.05) is 19.3 Å². The molecule has 1 aliphatic rings. The summed E-state index contributed by atoms with van der Waals surface area (Å²) >= 11 is 0. The minimum absolute atomic E-state index is 0.0560. The molecule has 1 heterocycles. The first kappa shape index (κ1) is 9.90. The minimum atomic E-state index is -0.564. The highest BCUT2D eigenvalue weighted by molar-refractivity contribution is 5.20. The first-order chi connectivity index (χ1) is 8.15. The molecule has 0 radical (unpaired) electrons. The second-order valence-corrected chi connectivity index (χ2v) is 4.32. The lowest BCUT2D eigenvalue weighted by molar-refractivity contribution is 0.155. The fourth-order valence-corrected chi connectivity index (χ4v) is 2.32. The smallest absolute Gasteiger partial charge is 0.283 e. The maximum Gasteiger partial charge on any atom is 0.283 e. The van der Waals surface area contributed by atoms with E-state index < -0.39 is 5.56 Å². The molecule has 0 amide bonds. The summed E-state index contributed by atoms with van der Waals surface area (Å²) in [5.74, 6) is 0.0560. The summed E-state index contributed by atoms with van der Waals surface area (Å²) in [7, 11) is 0. The second kappa shape index (κ2) is 4.70. The maximum atomic E-state index is 11.5. The molecule has 0 spiro atoms. The quantitative estimate of drug-likeness (QED) is 0.750. The van der Waals surface area contributed by atoms with Gasteiger partial charge in [0.1, 0.15) is 0 Å². The van der Waals surface area contributed by atoms with Gasteiger partial charge in [-0.15, -0.1) is 0 Å². The predicted octanol–water partition coefficient (Wildman–Crippen LogP) is 1.63. The number of nitrogens with zero attached hydrogens (tertiary/aromatic N) is 1. The number of pyridine rings is 1. The topological polar surface area (TPSA) is 62.5 Å². The number of hydrogen-bond acceptors (Lipinski definition) is 3. The lowest BCUT2D eigenvalue weighted by Gasteiger charge is -2.23. The molecule has 0 aliphatic heterocycles. The summed E-state index contributed by atoms with van der Waals surface area (Å²) in [5.41, 5.74) is 0.0905. The molecule has 16 heavy (non-hydrogen) atoms. The lowest BCUT2D eigenvalue weighted by Crippen LogP contribution is -2.24. The molecule has 0 saturated heterocycles. The number of hydrogen-bond donors (Lipinski definition) is 2. The first-order valence-corrected chi connectivity index (χ1v) is 5.70. The monoisotopic (exact) mass is 224 g/mol. The SMILES string of the molecule is [2H]c1c(CO)cc(=O)n(O)c1C1CCCCC1. The molecule has 1 saturated carbocycles. The van der Waals surface area contributed by atoms with Crippen molar-refractivity contribution in [2.24, 2.45) is 0 Å².